The summed E-state index contributed by atoms with van der Waals surface area (Å²) in [5, 5.41) is 10.3. The Hall–Kier alpha value is -3.44. The molecule has 8 heteroatoms. The van der Waals surface area contributed by atoms with Crippen molar-refractivity contribution < 1.29 is 19.2 Å². The molecule has 4 N–H and O–H groups in total. The van der Waals surface area contributed by atoms with Crippen molar-refractivity contribution >= 4 is 24.1 Å². The smallest absolute Gasteiger partial charge is 0.220 e. The van der Waals surface area contributed by atoms with Gasteiger partial charge in [-0.05, 0) is 19.3 Å². The molecule has 150 valence electrons. The van der Waals surface area contributed by atoms with Crippen molar-refractivity contribution in [3.05, 3.63) is 0 Å². The highest BCUT2D eigenvalue weighted by Crippen LogP contribution is 2.25. The van der Waals surface area contributed by atoms with Gasteiger partial charge in [0.05, 0.1) is 19.6 Å². The molecule has 0 aromatic carbocycles. The van der Waals surface area contributed by atoms with Gasteiger partial charge in [-0.2, -0.15) is 0 Å². The van der Waals surface area contributed by atoms with Crippen LogP contribution in [0.4, 0.5) is 0 Å². The molecule has 0 fully saturated rings. The van der Waals surface area contributed by atoms with Crippen LogP contribution < -0.4 is 21.3 Å². The molecule has 0 rings (SSSR count). The normalized spacial score (nSPS) is 9.75. The lowest BCUT2D eigenvalue weighted by Gasteiger charge is -2.33. The highest BCUT2D eigenvalue weighted by molar-refractivity contribution is 5.78. The average Bonchev–Trinajstić information content (AvgIpc) is 2.70. The zero-order chi connectivity index (χ0) is 21.3. The maximum absolute atomic E-state index is 11.9. The zero-order valence-corrected chi connectivity index (χ0v) is 15.8. The summed E-state index contributed by atoms with van der Waals surface area (Å²) in [7, 11) is 0. The fraction of sp³-hybridized carbons (Fsp3) is 0.500. The Kier molecular flexibility index (Phi) is 12.9. The predicted molar refractivity (Wildman–Crippen MR) is 105 cm³/mol. The lowest BCUT2D eigenvalue weighted by Crippen LogP contribution is -2.47. The van der Waals surface area contributed by atoms with Crippen molar-refractivity contribution in [3.63, 3.8) is 0 Å². The highest BCUT2D eigenvalue weighted by Gasteiger charge is 2.31. The summed E-state index contributed by atoms with van der Waals surface area (Å²) in [4.78, 5) is 46.8. The molecular weight excluding hydrogens is 360 g/mol. The monoisotopic (exact) mass is 386 g/mol. The summed E-state index contributed by atoms with van der Waals surface area (Å²) < 4.78 is 0. The molecular formula is C20H26N4O4. The third-order valence-corrected chi connectivity index (χ3v) is 4.02. The van der Waals surface area contributed by atoms with Crippen molar-refractivity contribution in [2.75, 3.05) is 19.6 Å². The summed E-state index contributed by atoms with van der Waals surface area (Å²) in [6.45, 7) is 0.280. The maximum atomic E-state index is 11.9. The van der Waals surface area contributed by atoms with Gasteiger partial charge in [0.2, 0.25) is 24.1 Å². The van der Waals surface area contributed by atoms with Crippen molar-refractivity contribution in [2.45, 2.75) is 44.1 Å². The molecule has 0 saturated heterocycles. The van der Waals surface area contributed by atoms with E-state index in [1.165, 1.54) is 0 Å². The van der Waals surface area contributed by atoms with Crippen LogP contribution in [0.5, 0.6) is 0 Å². The first-order chi connectivity index (χ1) is 13.4. The third-order valence-electron chi connectivity index (χ3n) is 4.02. The lowest BCUT2D eigenvalue weighted by molar-refractivity contribution is -0.122. The van der Waals surface area contributed by atoms with E-state index in [1.54, 1.807) is 0 Å². The highest BCUT2D eigenvalue weighted by atomic mass is 16.2. The molecule has 0 bridgehead atoms. The number of hydrogen-bond acceptors (Lipinski definition) is 4. The second-order valence-corrected chi connectivity index (χ2v) is 5.99. The summed E-state index contributed by atoms with van der Waals surface area (Å²) in [6.07, 6.45) is 16.7. The molecule has 0 aromatic heterocycles. The van der Waals surface area contributed by atoms with E-state index in [2.05, 4.69) is 39.0 Å². The second kappa shape index (κ2) is 14.7. The first-order valence-electron chi connectivity index (χ1n) is 8.75. The topological polar surface area (TPSA) is 116 Å². The van der Waals surface area contributed by atoms with E-state index in [4.69, 9.17) is 19.3 Å². The quantitative estimate of drug-likeness (QED) is 0.228. The van der Waals surface area contributed by atoms with Gasteiger partial charge < -0.3 is 21.3 Å². The molecule has 0 heterocycles. The Bertz CT molecular complexity index is 584. The molecule has 0 atom stereocenters. The maximum Gasteiger partial charge on any atom is 0.220 e. The zero-order valence-electron chi connectivity index (χ0n) is 15.8. The van der Waals surface area contributed by atoms with Gasteiger partial charge in [0.25, 0.3) is 0 Å². The van der Waals surface area contributed by atoms with Crippen LogP contribution in [-0.2, 0) is 19.2 Å². The predicted octanol–water partition coefficient (Wildman–Crippen LogP) is -0.940. The molecule has 0 radical (unpaired) electrons. The van der Waals surface area contributed by atoms with E-state index in [1.807, 2.05) is 0 Å². The molecule has 0 aliphatic carbocycles. The van der Waals surface area contributed by atoms with E-state index in [0.717, 1.165) is 0 Å². The average molecular weight is 386 g/mol. The minimum Gasteiger partial charge on any atom is -0.353 e. The fourth-order valence-corrected chi connectivity index (χ4v) is 2.49. The summed E-state index contributed by atoms with van der Waals surface area (Å²) in [5.74, 6) is 6.03. The van der Waals surface area contributed by atoms with Crippen LogP contribution in [0.3, 0.4) is 0 Å². The van der Waals surface area contributed by atoms with E-state index in [9.17, 15) is 19.2 Å². The van der Waals surface area contributed by atoms with Crippen LogP contribution >= 0.6 is 0 Å². The summed E-state index contributed by atoms with van der Waals surface area (Å²) in [6, 6.07) is 0. The van der Waals surface area contributed by atoms with Crippen LogP contribution in [0, 0.1) is 37.0 Å². The first-order valence-corrected chi connectivity index (χ1v) is 8.75. The van der Waals surface area contributed by atoms with E-state index in [-0.39, 0.29) is 75.9 Å². The third kappa shape index (κ3) is 11.2. The number of carbonyl (C=O) groups excluding carboxylic acids is 4. The van der Waals surface area contributed by atoms with E-state index >= 15 is 0 Å². The Morgan fingerprint density at radius 2 is 1.04 bits per heavy atom. The lowest BCUT2D eigenvalue weighted by atomic mass is 9.83. The number of amides is 4. The molecule has 4 amide bonds. The van der Waals surface area contributed by atoms with Gasteiger partial charge in [0.15, 0.2) is 0 Å². The van der Waals surface area contributed by atoms with Gasteiger partial charge in [0, 0.05) is 24.8 Å². The first kappa shape index (κ1) is 24.6. The number of terminal acetylenes is 3. The molecule has 0 saturated carbocycles. The van der Waals surface area contributed by atoms with E-state index < -0.39 is 5.54 Å². The molecule has 0 unspecified atom stereocenters. The van der Waals surface area contributed by atoms with Gasteiger partial charge in [-0.3, -0.25) is 19.2 Å². The van der Waals surface area contributed by atoms with Crippen molar-refractivity contribution in [2.24, 2.45) is 0 Å². The van der Waals surface area contributed by atoms with Gasteiger partial charge in [-0.15, -0.1) is 19.3 Å². The summed E-state index contributed by atoms with van der Waals surface area (Å²) >= 11 is 0. The number of nitrogens with one attached hydrogen (secondary N) is 4. The van der Waals surface area contributed by atoms with Crippen molar-refractivity contribution in [1.29, 1.82) is 0 Å². The molecule has 0 aromatic rings. The Labute approximate surface area is 166 Å². The SMILES string of the molecule is C#CCNC(=O)CCC(CCC(=O)NCC#C)(CCC(=O)NCC#C)NC=O. The minimum atomic E-state index is -0.920. The molecule has 0 spiro atoms. The van der Waals surface area contributed by atoms with E-state index in [0.29, 0.717) is 6.41 Å². The minimum absolute atomic E-state index is 0.0699. The largest absolute Gasteiger partial charge is 0.353 e. The summed E-state index contributed by atoms with van der Waals surface area (Å²) in [5.41, 5.74) is -0.920. The van der Waals surface area contributed by atoms with Crippen LogP contribution in [0.2, 0.25) is 0 Å². The number of hydrogen-bond donors (Lipinski definition) is 4. The molecule has 8 nitrogen and oxygen atoms in total. The van der Waals surface area contributed by atoms with Gasteiger partial charge in [-0.25, -0.2) is 0 Å². The second-order valence-electron chi connectivity index (χ2n) is 5.99. The van der Waals surface area contributed by atoms with Crippen LogP contribution in [-0.4, -0.2) is 49.3 Å². The fourth-order valence-electron chi connectivity index (χ4n) is 2.49. The van der Waals surface area contributed by atoms with Gasteiger partial charge in [0.1, 0.15) is 0 Å². The molecule has 0 aliphatic rings. The van der Waals surface area contributed by atoms with Gasteiger partial charge in [-0.1, -0.05) is 17.8 Å². The van der Waals surface area contributed by atoms with Crippen molar-refractivity contribution in [1.82, 2.24) is 21.3 Å². The van der Waals surface area contributed by atoms with Crippen LogP contribution in [0.1, 0.15) is 38.5 Å². The number of carbonyl (C=O) groups is 4. The molecule has 28 heavy (non-hydrogen) atoms. The van der Waals surface area contributed by atoms with Gasteiger partial charge >= 0.3 is 0 Å². The van der Waals surface area contributed by atoms with Crippen molar-refractivity contribution in [3.8, 4) is 37.0 Å². The Morgan fingerprint density at radius 3 is 1.29 bits per heavy atom. The standard InChI is InChI=1S/C20H26N4O4/c1-4-13-21-17(26)7-10-20(24-16-25,11-8-18(27)22-14-5-2)12-9-19(28)23-15-6-3/h1-3,16H,7-15H2,(H,21,26)(H,22,27)(H,23,28)(H,24,25). The molecule has 0 aliphatic heterocycles. The number of rotatable bonds is 14. The van der Waals surface area contributed by atoms with Crippen LogP contribution in [0.25, 0.3) is 0 Å². The Balaban J connectivity index is 5.10. The Morgan fingerprint density at radius 1 is 0.714 bits per heavy atom. The van der Waals surface area contributed by atoms with Crippen LogP contribution in [0.15, 0.2) is 0 Å².